The van der Waals surface area contributed by atoms with Gasteiger partial charge >= 0.3 is 0 Å². The normalized spacial score (nSPS) is 10.0. The van der Waals surface area contributed by atoms with E-state index in [2.05, 4.69) is 6.58 Å². The predicted molar refractivity (Wildman–Crippen MR) is 58.4 cm³/mol. The molecule has 0 aliphatic rings. The van der Waals surface area contributed by atoms with E-state index in [0.717, 1.165) is 5.56 Å². The number of rotatable bonds is 3. The summed E-state index contributed by atoms with van der Waals surface area (Å²) in [5.74, 6) is -0.666. The van der Waals surface area contributed by atoms with E-state index in [0.29, 0.717) is 12.0 Å². The molecule has 3 heteroatoms. The van der Waals surface area contributed by atoms with Crippen LogP contribution in [0.25, 0.3) is 0 Å². The minimum atomic E-state index is -0.352. The smallest absolute Gasteiger partial charge is 0.167 e. The van der Waals surface area contributed by atoms with Crippen molar-refractivity contribution in [2.24, 2.45) is 0 Å². The molecule has 0 bridgehead atoms. The van der Waals surface area contributed by atoms with Crippen LogP contribution in [0.4, 0.5) is 0 Å². The second-order valence-electron chi connectivity index (χ2n) is 3.46. The van der Waals surface area contributed by atoms with E-state index < -0.39 is 0 Å². The first-order chi connectivity index (χ1) is 6.99. The molecule has 0 aromatic heterocycles. The summed E-state index contributed by atoms with van der Waals surface area (Å²) in [7, 11) is 0. The Bertz CT molecular complexity index is 419. The van der Waals surface area contributed by atoms with Gasteiger partial charge in [-0.25, -0.2) is 0 Å². The first-order valence-corrected chi connectivity index (χ1v) is 4.65. The molecule has 80 valence electrons. The van der Waals surface area contributed by atoms with Crippen molar-refractivity contribution in [3.63, 3.8) is 0 Å². The van der Waals surface area contributed by atoms with Crippen LogP contribution >= 0.6 is 0 Å². The number of hydrogen-bond acceptors (Lipinski definition) is 3. The van der Waals surface area contributed by atoms with Gasteiger partial charge < -0.3 is 10.2 Å². The summed E-state index contributed by atoms with van der Waals surface area (Å²) in [5, 5.41) is 19.4. The third-order valence-corrected chi connectivity index (χ3v) is 2.31. The highest BCUT2D eigenvalue weighted by Gasteiger charge is 2.17. The molecule has 0 heterocycles. The van der Waals surface area contributed by atoms with Crippen LogP contribution in [0, 0.1) is 6.92 Å². The lowest BCUT2D eigenvalue weighted by Crippen LogP contribution is -1.99. The van der Waals surface area contributed by atoms with Gasteiger partial charge in [-0.1, -0.05) is 6.08 Å². The maximum Gasteiger partial charge on any atom is 0.167 e. The lowest BCUT2D eigenvalue weighted by atomic mass is 9.98. The molecule has 2 N–H and O–H groups in total. The fraction of sp³-hybridized carbons (Fsp3) is 0.250. The topological polar surface area (TPSA) is 57.5 Å². The van der Waals surface area contributed by atoms with Gasteiger partial charge in [-0.05, 0) is 31.9 Å². The Hall–Kier alpha value is -1.77. The number of benzene rings is 1. The molecule has 1 rings (SSSR count). The van der Waals surface area contributed by atoms with Crippen molar-refractivity contribution in [3.8, 4) is 11.5 Å². The van der Waals surface area contributed by atoms with Gasteiger partial charge in [0, 0.05) is 5.56 Å². The lowest BCUT2D eigenvalue weighted by molar-refractivity contribution is 0.101. The van der Waals surface area contributed by atoms with Crippen LogP contribution in [0.3, 0.4) is 0 Å². The SMILES string of the molecule is C=CCc1c(C)cc(O)c(C(C)=O)c1O. The Balaban J connectivity index is 3.48. The Kier molecular flexibility index (Phi) is 3.14. The molecule has 0 radical (unpaired) electrons. The molecule has 0 saturated heterocycles. The quantitative estimate of drug-likeness (QED) is 0.589. The maximum atomic E-state index is 11.2. The summed E-state index contributed by atoms with van der Waals surface area (Å²) < 4.78 is 0. The van der Waals surface area contributed by atoms with Crippen molar-refractivity contribution in [1.29, 1.82) is 0 Å². The molecule has 0 saturated carbocycles. The van der Waals surface area contributed by atoms with Crippen LogP contribution in [0.15, 0.2) is 18.7 Å². The van der Waals surface area contributed by atoms with Crippen molar-refractivity contribution in [3.05, 3.63) is 35.4 Å². The van der Waals surface area contributed by atoms with E-state index in [4.69, 9.17) is 0 Å². The Morgan fingerprint density at radius 2 is 2.13 bits per heavy atom. The molecule has 0 aliphatic heterocycles. The molecule has 15 heavy (non-hydrogen) atoms. The number of phenols is 2. The molecule has 1 aromatic carbocycles. The van der Waals surface area contributed by atoms with Gasteiger partial charge in [0.1, 0.15) is 17.1 Å². The van der Waals surface area contributed by atoms with E-state index in [1.165, 1.54) is 13.0 Å². The summed E-state index contributed by atoms with van der Waals surface area (Å²) in [6.07, 6.45) is 2.11. The van der Waals surface area contributed by atoms with Gasteiger partial charge in [0.25, 0.3) is 0 Å². The predicted octanol–water partition coefficient (Wildman–Crippen LogP) is 2.34. The number of ketones is 1. The van der Waals surface area contributed by atoms with Crippen molar-refractivity contribution in [2.75, 3.05) is 0 Å². The van der Waals surface area contributed by atoms with Crippen LogP contribution in [-0.2, 0) is 6.42 Å². The minimum absolute atomic E-state index is 0.0162. The number of carbonyl (C=O) groups is 1. The Morgan fingerprint density at radius 3 is 2.60 bits per heavy atom. The van der Waals surface area contributed by atoms with Crippen LogP contribution < -0.4 is 0 Å². The van der Waals surface area contributed by atoms with E-state index in [1.807, 2.05) is 0 Å². The number of phenolic OH excluding ortho intramolecular Hbond substituents is 2. The highest BCUT2D eigenvalue weighted by atomic mass is 16.3. The monoisotopic (exact) mass is 206 g/mol. The van der Waals surface area contributed by atoms with Crippen molar-refractivity contribution >= 4 is 5.78 Å². The second kappa shape index (κ2) is 4.17. The maximum absolute atomic E-state index is 11.2. The zero-order valence-corrected chi connectivity index (χ0v) is 8.87. The minimum Gasteiger partial charge on any atom is -0.507 e. The number of aromatic hydroxyl groups is 2. The van der Waals surface area contributed by atoms with Gasteiger partial charge in [-0.15, -0.1) is 6.58 Å². The van der Waals surface area contributed by atoms with E-state index in [-0.39, 0.29) is 22.8 Å². The second-order valence-corrected chi connectivity index (χ2v) is 3.46. The lowest BCUT2D eigenvalue weighted by Gasteiger charge is -2.11. The van der Waals surface area contributed by atoms with Crippen LogP contribution in [0.1, 0.15) is 28.4 Å². The third-order valence-electron chi connectivity index (χ3n) is 2.31. The van der Waals surface area contributed by atoms with Gasteiger partial charge in [0.05, 0.1) is 0 Å². The van der Waals surface area contributed by atoms with Crippen molar-refractivity contribution < 1.29 is 15.0 Å². The highest BCUT2D eigenvalue weighted by Crippen LogP contribution is 2.34. The zero-order valence-electron chi connectivity index (χ0n) is 8.87. The fourth-order valence-corrected chi connectivity index (χ4v) is 1.57. The number of carbonyl (C=O) groups excluding carboxylic acids is 1. The van der Waals surface area contributed by atoms with Crippen LogP contribution in [0.5, 0.6) is 11.5 Å². The Morgan fingerprint density at radius 1 is 1.53 bits per heavy atom. The van der Waals surface area contributed by atoms with Crippen molar-refractivity contribution in [1.82, 2.24) is 0 Å². The first-order valence-electron chi connectivity index (χ1n) is 4.65. The first kappa shape index (κ1) is 11.3. The molecule has 0 spiro atoms. The molecule has 0 aliphatic carbocycles. The molecular weight excluding hydrogens is 192 g/mol. The highest BCUT2D eigenvalue weighted by molar-refractivity contribution is 6.00. The molecule has 1 aromatic rings. The molecular formula is C12H14O3. The van der Waals surface area contributed by atoms with Gasteiger partial charge in [0.2, 0.25) is 0 Å². The van der Waals surface area contributed by atoms with Gasteiger partial charge in [-0.2, -0.15) is 0 Å². The number of allylic oxidation sites excluding steroid dienone is 1. The summed E-state index contributed by atoms with van der Waals surface area (Å²) in [4.78, 5) is 11.2. The zero-order chi connectivity index (χ0) is 11.6. The number of Topliss-reactive ketones (excluding diaryl/α,β-unsaturated/α-hetero) is 1. The van der Waals surface area contributed by atoms with Crippen molar-refractivity contribution in [2.45, 2.75) is 20.3 Å². The number of hydrogen-bond donors (Lipinski definition) is 2. The number of aryl methyl sites for hydroxylation is 1. The van der Waals surface area contributed by atoms with Crippen LogP contribution in [-0.4, -0.2) is 16.0 Å². The Labute approximate surface area is 88.7 Å². The molecule has 0 fully saturated rings. The molecule has 3 nitrogen and oxygen atoms in total. The van der Waals surface area contributed by atoms with Gasteiger partial charge in [0.15, 0.2) is 5.78 Å². The largest absolute Gasteiger partial charge is 0.507 e. The fourth-order valence-electron chi connectivity index (χ4n) is 1.57. The molecule has 0 amide bonds. The van der Waals surface area contributed by atoms with Gasteiger partial charge in [-0.3, -0.25) is 4.79 Å². The average molecular weight is 206 g/mol. The summed E-state index contributed by atoms with van der Waals surface area (Å²) in [5.41, 5.74) is 1.36. The molecule has 0 unspecified atom stereocenters. The van der Waals surface area contributed by atoms with Crippen LogP contribution in [0.2, 0.25) is 0 Å². The molecule has 0 atom stereocenters. The standard InChI is InChI=1S/C12H14O3/c1-4-5-9-7(2)6-10(14)11(8(3)13)12(9)15/h4,6,14-15H,1,5H2,2-3H3. The van der Waals surface area contributed by atoms with E-state index >= 15 is 0 Å². The summed E-state index contributed by atoms with van der Waals surface area (Å²) in [6.45, 7) is 6.65. The summed E-state index contributed by atoms with van der Waals surface area (Å²) in [6, 6.07) is 1.48. The van der Waals surface area contributed by atoms with E-state index in [1.54, 1.807) is 13.0 Å². The average Bonchev–Trinajstić information content (AvgIpc) is 2.11. The van der Waals surface area contributed by atoms with E-state index in [9.17, 15) is 15.0 Å². The third kappa shape index (κ3) is 2.01. The summed E-state index contributed by atoms with van der Waals surface area (Å²) >= 11 is 0.